The third-order valence-electron chi connectivity index (χ3n) is 3.58. The minimum atomic E-state index is -4.39. The van der Waals surface area contributed by atoms with Gasteiger partial charge >= 0.3 is 6.18 Å². The average Bonchev–Trinajstić information content (AvgIpc) is 2.40. The van der Waals surface area contributed by atoms with Crippen molar-refractivity contribution in [3.63, 3.8) is 0 Å². The van der Waals surface area contributed by atoms with Crippen LogP contribution in [0.5, 0.6) is 0 Å². The van der Waals surface area contributed by atoms with Gasteiger partial charge in [0.15, 0.2) is 0 Å². The highest BCUT2D eigenvalue weighted by atomic mass is 19.4. The first kappa shape index (κ1) is 14.8. The quantitative estimate of drug-likeness (QED) is 0.693. The number of unbranched alkanes of at least 4 members (excludes halogenated alkanes) is 2. The van der Waals surface area contributed by atoms with Gasteiger partial charge in [-0.05, 0) is 37.0 Å². The molecule has 2 rings (SSSR count). The van der Waals surface area contributed by atoms with E-state index in [1.807, 2.05) is 19.1 Å². The van der Waals surface area contributed by atoms with E-state index in [1.54, 1.807) is 19.1 Å². The Bertz CT molecular complexity index is 602. The van der Waals surface area contributed by atoms with E-state index in [-0.39, 0.29) is 0 Å². The van der Waals surface area contributed by atoms with Gasteiger partial charge < -0.3 is 0 Å². The summed E-state index contributed by atoms with van der Waals surface area (Å²) in [6.07, 6.45) is -1.27. The minimum absolute atomic E-state index is 0.352. The molecule has 0 aliphatic rings. The Morgan fingerprint density at radius 3 is 2.45 bits per heavy atom. The molecule has 1 nitrogen and oxygen atoms in total. The van der Waals surface area contributed by atoms with E-state index in [4.69, 9.17) is 0 Å². The number of hydrogen-bond donors (Lipinski definition) is 0. The summed E-state index contributed by atoms with van der Waals surface area (Å²) in [6.45, 7) is 3.80. The lowest BCUT2D eigenvalue weighted by molar-refractivity contribution is -0.141. The van der Waals surface area contributed by atoms with Crippen molar-refractivity contribution in [3.05, 3.63) is 41.1 Å². The van der Waals surface area contributed by atoms with Crippen molar-refractivity contribution in [2.45, 2.75) is 45.7 Å². The molecule has 0 radical (unpaired) electrons. The van der Waals surface area contributed by atoms with Gasteiger partial charge in [0.2, 0.25) is 0 Å². The third-order valence-corrected chi connectivity index (χ3v) is 3.58. The smallest absolute Gasteiger partial charge is 0.243 e. The molecule has 0 bridgehead atoms. The van der Waals surface area contributed by atoms with Crippen molar-refractivity contribution in [1.82, 2.24) is 4.98 Å². The molecule has 0 unspecified atom stereocenters. The molecule has 0 saturated heterocycles. The van der Waals surface area contributed by atoms with Crippen molar-refractivity contribution in [2.75, 3.05) is 0 Å². The first-order chi connectivity index (χ1) is 9.45. The van der Waals surface area contributed by atoms with Crippen LogP contribution < -0.4 is 0 Å². The fraction of sp³-hybridized carbons (Fsp3) is 0.438. The second-order valence-electron chi connectivity index (χ2n) is 5.04. The average molecular weight is 281 g/mol. The topological polar surface area (TPSA) is 12.9 Å². The molecular weight excluding hydrogens is 263 g/mol. The summed E-state index contributed by atoms with van der Waals surface area (Å²) < 4.78 is 39.6. The maximum absolute atomic E-state index is 13.2. The standard InChI is InChI=1S/C16H18F3N/c1-3-4-5-9-13-11(2)12-8-6-7-10-14(12)20-15(13)16(17,18)19/h6-8,10H,3-5,9H2,1-2H3. The van der Waals surface area contributed by atoms with Gasteiger partial charge in [0.1, 0.15) is 5.69 Å². The van der Waals surface area contributed by atoms with Gasteiger partial charge in [0.05, 0.1) is 5.52 Å². The molecular formula is C16H18F3N. The first-order valence-electron chi connectivity index (χ1n) is 6.90. The van der Waals surface area contributed by atoms with E-state index >= 15 is 0 Å². The number of rotatable bonds is 4. The Balaban J connectivity index is 2.58. The molecule has 4 heteroatoms. The first-order valence-corrected chi connectivity index (χ1v) is 6.90. The largest absolute Gasteiger partial charge is 0.433 e. The van der Waals surface area contributed by atoms with Crippen LogP contribution in [0.1, 0.15) is 43.0 Å². The molecule has 0 fully saturated rings. The lowest BCUT2D eigenvalue weighted by atomic mass is 9.96. The summed E-state index contributed by atoms with van der Waals surface area (Å²) in [7, 11) is 0. The number of alkyl halides is 3. The van der Waals surface area contributed by atoms with E-state index in [0.29, 0.717) is 23.1 Å². The van der Waals surface area contributed by atoms with E-state index in [2.05, 4.69) is 4.98 Å². The summed E-state index contributed by atoms with van der Waals surface area (Å²) in [5, 5.41) is 0.812. The number of hydrogen-bond acceptors (Lipinski definition) is 1. The minimum Gasteiger partial charge on any atom is -0.243 e. The van der Waals surface area contributed by atoms with Crippen molar-refractivity contribution in [2.24, 2.45) is 0 Å². The van der Waals surface area contributed by atoms with Gasteiger partial charge in [-0.1, -0.05) is 38.0 Å². The molecule has 0 saturated carbocycles. The third kappa shape index (κ3) is 2.94. The molecule has 0 aliphatic heterocycles. The van der Waals surface area contributed by atoms with Crippen LogP contribution in [0.25, 0.3) is 10.9 Å². The van der Waals surface area contributed by atoms with Gasteiger partial charge in [-0.15, -0.1) is 0 Å². The summed E-state index contributed by atoms with van der Waals surface area (Å²) in [4.78, 5) is 3.86. The fourth-order valence-corrected chi connectivity index (χ4v) is 2.51. The molecule has 0 atom stereocenters. The maximum atomic E-state index is 13.2. The number of benzene rings is 1. The zero-order valence-electron chi connectivity index (χ0n) is 11.7. The van der Waals surface area contributed by atoms with Crippen molar-refractivity contribution >= 4 is 10.9 Å². The van der Waals surface area contributed by atoms with Gasteiger partial charge in [-0.3, -0.25) is 0 Å². The van der Waals surface area contributed by atoms with Crippen molar-refractivity contribution in [1.29, 1.82) is 0 Å². The number of aromatic nitrogens is 1. The molecule has 0 spiro atoms. The van der Waals surface area contributed by atoms with E-state index in [9.17, 15) is 13.2 Å². The van der Waals surface area contributed by atoms with Gasteiger partial charge in [0.25, 0.3) is 0 Å². The highest BCUT2D eigenvalue weighted by Gasteiger charge is 2.36. The number of para-hydroxylation sites is 1. The maximum Gasteiger partial charge on any atom is 0.433 e. The second kappa shape index (κ2) is 5.81. The van der Waals surface area contributed by atoms with Crippen LogP contribution in [0.3, 0.4) is 0 Å². The van der Waals surface area contributed by atoms with Crippen LogP contribution in [0.15, 0.2) is 24.3 Å². The summed E-state index contributed by atoms with van der Waals surface area (Å²) in [6, 6.07) is 7.01. The number of pyridine rings is 1. The van der Waals surface area contributed by atoms with E-state index in [0.717, 1.165) is 24.6 Å². The molecule has 0 aliphatic carbocycles. The molecule has 0 N–H and O–H groups in total. The van der Waals surface area contributed by atoms with Gasteiger partial charge in [0, 0.05) is 5.39 Å². The molecule has 1 aromatic heterocycles. The van der Waals surface area contributed by atoms with Crippen molar-refractivity contribution in [3.8, 4) is 0 Å². The van der Waals surface area contributed by atoms with Gasteiger partial charge in [-0.25, -0.2) is 4.98 Å². The van der Waals surface area contributed by atoms with Crippen LogP contribution in [0, 0.1) is 6.92 Å². The predicted molar refractivity (Wildman–Crippen MR) is 74.7 cm³/mol. The SMILES string of the molecule is CCCCCc1c(C(F)(F)F)nc2ccccc2c1C. The summed E-state index contributed by atoms with van der Waals surface area (Å²) in [5.41, 5.74) is 0.755. The lowest BCUT2D eigenvalue weighted by Crippen LogP contribution is -2.14. The Labute approximate surface area is 116 Å². The Hall–Kier alpha value is -1.58. The zero-order valence-corrected chi connectivity index (χ0v) is 11.7. The van der Waals surface area contributed by atoms with E-state index < -0.39 is 11.9 Å². The summed E-state index contributed by atoms with van der Waals surface area (Å²) in [5.74, 6) is 0. The van der Waals surface area contributed by atoms with Crippen LogP contribution in [-0.2, 0) is 12.6 Å². The highest BCUT2D eigenvalue weighted by Crippen LogP contribution is 2.35. The molecule has 108 valence electrons. The van der Waals surface area contributed by atoms with Crippen molar-refractivity contribution < 1.29 is 13.2 Å². The normalized spacial score (nSPS) is 12.1. The van der Waals surface area contributed by atoms with E-state index in [1.165, 1.54) is 0 Å². The highest BCUT2D eigenvalue weighted by molar-refractivity contribution is 5.83. The van der Waals surface area contributed by atoms with Crippen LogP contribution >= 0.6 is 0 Å². The molecule has 1 heterocycles. The Morgan fingerprint density at radius 1 is 1.10 bits per heavy atom. The Morgan fingerprint density at radius 2 is 1.80 bits per heavy atom. The molecule has 1 aromatic carbocycles. The zero-order chi connectivity index (χ0) is 14.8. The predicted octanol–water partition coefficient (Wildman–Crippen LogP) is 5.29. The molecule has 0 amide bonds. The molecule has 2 aromatic rings. The number of aryl methyl sites for hydroxylation is 1. The fourth-order valence-electron chi connectivity index (χ4n) is 2.51. The lowest BCUT2D eigenvalue weighted by Gasteiger charge is -2.16. The van der Waals surface area contributed by atoms with Crippen LogP contribution in [0.4, 0.5) is 13.2 Å². The van der Waals surface area contributed by atoms with Crippen LogP contribution in [-0.4, -0.2) is 4.98 Å². The van der Waals surface area contributed by atoms with Crippen LogP contribution in [0.2, 0.25) is 0 Å². The monoisotopic (exact) mass is 281 g/mol. The number of nitrogens with zero attached hydrogens (tertiary/aromatic N) is 1. The number of halogens is 3. The molecule has 20 heavy (non-hydrogen) atoms. The Kier molecular flexibility index (Phi) is 4.31. The second-order valence-corrected chi connectivity index (χ2v) is 5.04. The van der Waals surface area contributed by atoms with Gasteiger partial charge in [-0.2, -0.15) is 13.2 Å². The summed E-state index contributed by atoms with van der Waals surface area (Å²) >= 11 is 0. The number of fused-ring (bicyclic) bond motifs is 1.